The van der Waals surface area contributed by atoms with Crippen LogP contribution in [0.3, 0.4) is 0 Å². The van der Waals surface area contributed by atoms with Crippen molar-refractivity contribution in [2.75, 3.05) is 40.5 Å². The molecule has 0 saturated carbocycles. The minimum atomic E-state index is 0.0587. The number of nitrogens with one attached hydrogen (secondary N) is 1. The fourth-order valence-electron chi connectivity index (χ4n) is 3.34. The molecule has 3 rings (SSSR count). The van der Waals surface area contributed by atoms with Crippen molar-refractivity contribution in [3.8, 4) is 11.5 Å². The third-order valence-electron chi connectivity index (χ3n) is 4.74. The van der Waals surface area contributed by atoms with Gasteiger partial charge in [-0.05, 0) is 24.1 Å². The zero-order valence-corrected chi connectivity index (χ0v) is 15.6. The van der Waals surface area contributed by atoms with Gasteiger partial charge >= 0.3 is 0 Å². The fraction of sp³-hybridized carbons (Fsp3) is 0.429. The van der Waals surface area contributed by atoms with E-state index in [0.717, 1.165) is 50.7 Å². The number of ether oxygens (including phenoxy) is 3. The van der Waals surface area contributed by atoms with E-state index in [1.807, 2.05) is 24.3 Å². The second-order valence-electron chi connectivity index (χ2n) is 6.37. The SMILES string of the molecule is COc1ccccc1CCN(Cc1ccccc1OC)C1CNCCO1. The van der Waals surface area contributed by atoms with E-state index in [9.17, 15) is 0 Å². The van der Waals surface area contributed by atoms with Crippen molar-refractivity contribution in [3.63, 3.8) is 0 Å². The summed E-state index contributed by atoms with van der Waals surface area (Å²) >= 11 is 0. The highest BCUT2D eigenvalue weighted by molar-refractivity contribution is 5.34. The maximum absolute atomic E-state index is 6.02. The molecule has 1 fully saturated rings. The van der Waals surface area contributed by atoms with Gasteiger partial charge in [0.05, 0.1) is 20.8 Å². The molecule has 2 aromatic rings. The van der Waals surface area contributed by atoms with Crippen LogP contribution in [-0.2, 0) is 17.7 Å². The lowest BCUT2D eigenvalue weighted by Gasteiger charge is -2.35. The summed E-state index contributed by atoms with van der Waals surface area (Å²) in [6.07, 6.45) is 0.960. The number of para-hydroxylation sites is 2. The molecule has 0 radical (unpaired) electrons. The van der Waals surface area contributed by atoms with Crippen LogP contribution in [0, 0.1) is 0 Å². The Morgan fingerprint density at radius 2 is 1.65 bits per heavy atom. The monoisotopic (exact) mass is 356 g/mol. The van der Waals surface area contributed by atoms with E-state index >= 15 is 0 Å². The zero-order valence-electron chi connectivity index (χ0n) is 15.6. The highest BCUT2D eigenvalue weighted by Gasteiger charge is 2.23. The third-order valence-corrected chi connectivity index (χ3v) is 4.74. The minimum Gasteiger partial charge on any atom is -0.496 e. The maximum Gasteiger partial charge on any atom is 0.123 e. The third kappa shape index (κ3) is 4.75. The number of morpholine rings is 1. The van der Waals surface area contributed by atoms with Crippen LogP contribution < -0.4 is 14.8 Å². The Hall–Kier alpha value is -2.08. The van der Waals surface area contributed by atoms with Crippen LogP contribution in [0.2, 0.25) is 0 Å². The summed E-state index contributed by atoms with van der Waals surface area (Å²) in [5, 5.41) is 3.43. The van der Waals surface area contributed by atoms with Gasteiger partial charge in [-0.3, -0.25) is 4.90 Å². The van der Waals surface area contributed by atoms with Crippen molar-refractivity contribution >= 4 is 0 Å². The normalized spacial score (nSPS) is 17.3. The van der Waals surface area contributed by atoms with Crippen LogP contribution in [0.15, 0.2) is 48.5 Å². The van der Waals surface area contributed by atoms with Crippen LogP contribution in [0.4, 0.5) is 0 Å². The van der Waals surface area contributed by atoms with Crippen LogP contribution in [0.25, 0.3) is 0 Å². The summed E-state index contributed by atoms with van der Waals surface area (Å²) in [4.78, 5) is 2.37. The molecule has 1 saturated heterocycles. The van der Waals surface area contributed by atoms with Gasteiger partial charge < -0.3 is 19.5 Å². The van der Waals surface area contributed by atoms with Gasteiger partial charge in [0.2, 0.25) is 0 Å². The Balaban J connectivity index is 1.74. The summed E-state index contributed by atoms with van der Waals surface area (Å²) in [5.41, 5.74) is 2.38. The molecule has 140 valence electrons. The first-order valence-electron chi connectivity index (χ1n) is 9.12. The molecule has 0 aromatic heterocycles. The number of hydrogen-bond donors (Lipinski definition) is 1. The summed E-state index contributed by atoms with van der Waals surface area (Å²) in [5.74, 6) is 1.85. The van der Waals surface area contributed by atoms with E-state index in [0.29, 0.717) is 0 Å². The topological polar surface area (TPSA) is 43.0 Å². The van der Waals surface area contributed by atoms with E-state index in [2.05, 4.69) is 34.5 Å². The average molecular weight is 356 g/mol. The molecule has 1 N–H and O–H groups in total. The predicted octanol–water partition coefficient (Wildman–Crippen LogP) is 2.69. The fourth-order valence-corrected chi connectivity index (χ4v) is 3.34. The molecule has 0 amide bonds. The molecular weight excluding hydrogens is 328 g/mol. The van der Waals surface area contributed by atoms with E-state index in [-0.39, 0.29) is 6.23 Å². The highest BCUT2D eigenvalue weighted by Crippen LogP contribution is 2.23. The highest BCUT2D eigenvalue weighted by atomic mass is 16.5. The predicted molar refractivity (Wildman–Crippen MR) is 103 cm³/mol. The molecule has 5 heteroatoms. The average Bonchev–Trinajstić information content (AvgIpc) is 2.72. The lowest BCUT2D eigenvalue weighted by molar-refractivity contribution is -0.0790. The van der Waals surface area contributed by atoms with Gasteiger partial charge in [0.1, 0.15) is 17.7 Å². The van der Waals surface area contributed by atoms with E-state index in [1.54, 1.807) is 14.2 Å². The van der Waals surface area contributed by atoms with Crippen LogP contribution in [-0.4, -0.2) is 51.6 Å². The molecule has 1 atom stereocenters. The van der Waals surface area contributed by atoms with Gasteiger partial charge in [-0.1, -0.05) is 36.4 Å². The van der Waals surface area contributed by atoms with E-state index in [4.69, 9.17) is 14.2 Å². The van der Waals surface area contributed by atoms with Crippen LogP contribution in [0.5, 0.6) is 11.5 Å². The Morgan fingerprint density at radius 3 is 2.31 bits per heavy atom. The van der Waals surface area contributed by atoms with Gasteiger partial charge in [0, 0.05) is 31.7 Å². The molecule has 26 heavy (non-hydrogen) atoms. The Kier molecular flexibility index (Phi) is 6.89. The van der Waals surface area contributed by atoms with Crippen molar-refractivity contribution in [3.05, 3.63) is 59.7 Å². The zero-order chi connectivity index (χ0) is 18.2. The molecule has 1 aliphatic heterocycles. The molecule has 0 aliphatic carbocycles. The Bertz CT molecular complexity index is 686. The first-order valence-corrected chi connectivity index (χ1v) is 9.12. The molecule has 2 aromatic carbocycles. The largest absolute Gasteiger partial charge is 0.496 e. The second kappa shape index (κ2) is 9.57. The van der Waals surface area contributed by atoms with Crippen molar-refractivity contribution in [1.29, 1.82) is 0 Å². The maximum atomic E-state index is 6.02. The van der Waals surface area contributed by atoms with Crippen LogP contribution in [0.1, 0.15) is 11.1 Å². The van der Waals surface area contributed by atoms with Gasteiger partial charge in [-0.2, -0.15) is 0 Å². The summed E-state index contributed by atoms with van der Waals surface area (Å²) in [6.45, 7) is 4.14. The molecule has 1 aliphatic rings. The number of methoxy groups -OCH3 is 2. The number of hydrogen-bond acceptors (Lipinski definition) is 5. The lowest BCUT2D eigenvalue weighted by Crippen LogP contribution is -2.49. The summed E-state index contributed by atoms with van der Waals surface area (Å²) in [7, 11) is 3.44. The van der Waals surface area contributed by atoms with Crippen molar-refractivity contribution in [2.45, 2.75) is 19.2 Å². The summed E-state index contributed by atoms with van der Waals surface area (Å²) in [6, 6.07) is 16.4. The number of benzene rings is 2. The molecule has 1 unspecified atom stereocenters. The number of nitrogens with zero attached hydrogens (tertiary/aromatic N) is 1. The number of rotatable bonds is 8. The van der Waals surface area contributed by atoms with Gasteiger partial charge in [-0.15, -0.1) is 0 Å². The van der Waals surface area contributed by atoms with E-state index < -0.39 is 0 Å². The quantitative estimate of drug-likeness (QED) is 0.788. The molecule has 0 spiro atoms. The van der Waals surface area contributed by atoms with Gasteiger partial charge in [0.25, 0.3) is 0 Å². The molecule has 5 nitrogen and oxygen atoms in total. The Morgan fingerprint density at radius 1 is 1.00 bits per heavy atom. The summed E-state index contributed by atoms with van der Waals surface area (Å²) < 4.78 is 17.0. The second-order valence-corrected chi connectivity index (χ2v) is 6.37. The van der Waals surface area contributed by atoms with E-state index in [1.165, 1.54) is 11.1 Å². The molecular formula is C21H28N2O3. The smallest absolute Gasteiger partial charge is 0.123 e. The van der Waals surface area contributed by atoms with Crippen molar-refractivity contribution < 1.29 is 14.2 Å². The molecule has 0 bridgehead atoms. The van der Waals surface area contributed by atoms with Crippen molar-refractivity contribution in [2.24, 2.45) is 0 Å². The lowest BCUT2D eigenvalue weighted by atomic mass is 10.1. The van der Waals surface area contributed by atoms with Crippen molar-refractivity contribution in [1.82, 2.24) is 10.2 Å². The Labute approximate surface area is 155 Å². The first kappa shape index (κ1) is 18.7. The van der Waals surface area contributed by atoms with Crippen LogP contribution >= 0.6 is 0 Å². The van der Waals surface area contributed by atoms with Gasteiger partial charge in [0.15, 0.2) is 0 Å². The minimum absolute atomic E-state index is 0.0587. The van der Waals surface area contributed by atoms with Gasteiger partial charge in [-0.25, -0.2) is 0 Å². The first-order chi connectivity index (χ1) is 12.8. The standard InChI is InChI=1S/C21H28N2O3/c1-24-19-9-5-3-7-17(19)11-13-23(21-15-22-12-14-26-21)16-18-8-4-6-10-20(18)25-2/h3-10,21-22H,11-16H2,1-2H3. The molecule has 1 heterocycles.